The summed E-state index contributed by atoms with van der Waals surface area (Å²) in [4.78, 5) is 38.7. The Kier molecular flexibility index (Phi) is 6.08. The summed E-state index contributed by atoms with van der Waals surface area (Å²) in [5.74, 6) is -0.678. The molecule has 0 unspecified atom stereocenters. The van der Waals surface area contributed by atoms with Gasteiger partial charge in [-0.05, 0) is 49.9 Å². The van der Waals surface area contributed by atoms with E-state index >= 15 is 0 Å². The molecular formula is C19H17NO5S2. The third kappa shape index (κ3) is 4.45. The Labute approximate surface area is 164 Å². The first-order valence-electron chi connectivity index (χ1n) is 8.26. The number of hydrogen-bond acceptors (Lipinski definition) is 7. The number of benzene rings is 1. The van der Waals surface area contributed by atoms with Gasteiger partial charge in [-0.3, -0.25) is 14.5 Å². The fourth-order valence-electron chi connectivity index (χ4n) is 2.38. The van der Waals surface area contributed by atoms with Gasteiger partial charge in [0, 0.05) is 11.0 Å². The Bertz CT molecular complexity index is 891. The summed E-state index contributed by atoms with van der Waals surface area (Å²) in [6, 6.07) is 12.3. The number of esters is 1. The summed E-state index contributed by atoms with van der Waals surface area (Å²) in [5, 5.41) is 0.170. The van der Waals surface area contributed by atoms with Crippen LogP contribution in [0.15, 0.2) is 61.8 Å². The molecule has 27 heavy (non-hydrogen) atoms. The number of rotatable bonds is 6. The Balaban J connectivity index is 1.73. The maximum atomic E-state index is 12.5. The summed E-state index contributed by atoms with van der Waals surface area (Å²) in [7, 11) is 0. The van der Waals surface area contributed by atoms with Crippen LogP contribution in [0.2, 0.25) is 0 Å². The average Bonchev–Trinajstić information content (AvgIpc) is 3.20. The highest BCUT2D eigenvalue weighted by Crippen LogP contribution is 2.35. The van der Waals surface area contributed by atoms with E-state index in [2.05, 4.69) is 0 Å². The molecule has 1 aromatic carbocycles. The number of amides is 2. The summed E-state index contributed by atoms with van der Waals surface area (Å²) < 4.78 is 10.6. The van der Waals surface area contributed by atoms with Gasteiger partial charge in [0.25, 0.3) is 11.1 Å². The van der Waals surface area contributed by atoms with Crippen molar-refractivity contribution in [1.29, 1.82) is 0 Å². The normalized spacial score (nSPS) is 16.8. The molecule has 1 saturated heterocycles. The van der Waals surface area contributed by atoms with Gasteiger partial charge in [0.2, 0.25) is 0 Å². The maximum Gasteiger partial charge on any atom is 0.329 e. The number of ether oxygens (including phenoxy) is 1. The smallest absolute Gasteiger partial charge is 0.329 e. The molecule has 6 nitrogen and oxygen atoms in total. The van der Waals surface area contributed by atoms with Crippen molar-refractivity contribution in [3.05, 3.63) is 53.1 Å². The monoisotopic (exact) mass is 403 g/mol. The van der Waals surface area contributed by atoms with E-state index in [-0.39, 0.29) is 11.5 Å². The molecule has 0 spiro atoms. The maximum absolute atomic E-state index is 12.5. The van der Waals surface area contributed by atoms with Gasteiger partial charge in [-0.2, -0.15) is 0 Å². The molecule has 0 bridgehead atoms. The zero-order valence-electron chi connectivity index (χ0n) is 14.7. The second-order valence-corrected chi connectivity index (χ2v) is 7.62. The molecule has 2 amide bonds. The molecule has 1 aliphatic heterocycles. The molecule has 1 aromatic heterocycles. The van der Waals surface area contributed by atoms with E-state index in [4.69, 9.17) is 9.15 Å². The minimum atomic E-state index is -0.968. The van der Waals surface area contributed by atoms with Crippen LogP contribution in [0, 0.1) is 0 Å². The van der Waals surface area contributed by atoms with Crippen molar-refractivity contribution in [2.45, 2.75) is 29.9 Å². The van der Waals surface area contributed by atoms with Gasteiger partial charge < -0.3 is 9.15 Å². The predicted molar refractivity (Wildman–Crippen MR) is 103 cm³/mol. The molecule has 8 heteroatoms. The average molecular weight is 403 g/mol. The Hall–Kier alpha value is -2.45. The SMILES string of the molecule is CCOC(=O)[C@@H](C)N1C(=O)S/C(=C/c2ccc(Sc3ccccc3)o2)C1=O. The summed E-state index contributed by atoms with van der Waals surface area (Å²) in [5.41, 5.74) is 0. The van der Waals surface area contributed by atoms with Crippen LogP contribution in [0.5, 0.6) is 0 Å². The van der Waals surface area contributed by atoms with Crippen LogP contribution in [-0.4, -0.2) is 34.7 Å². The molecule has 2 heterocycles. The van der Waals surface area contributed by atoms with Crippen molar-refractivity contribution in [1.82, 2.24) is 4.90 Å². The molecule has 1 fully saturated rings. The van der Waals surface area contributed by atoms with Gasteiger partial charge >= 0.3 is 5.97 Å². The molecule has 1 aliphatic rings. The third-order valence-electron chi connectivity index (χ3n) is 3.68. The van der Waals surface area contributed by atoms with Gasteiger partial charge in [-0.1, -0.05) is 30.0 Å². The number of thioether (sulfide) groups is 1. The minimum absolute atomic E-state index is 0.184. The minimum Gasteiger partial charge on any atom is -0.464 e. The standard InChI is InChI=1S/C19H17NO5S2/c1-3-24-18(22)12(2)20-17(21)15(27-19(20)23)11-13-9-10-16(25-13)26-14-7-5-4-6-8-14/h4-12H,3H2,1-2H3/b15-11+/t12-/m1/s1. The molecule has 0 radical (unpaired) electrons. The Morgan fingerprint density at radius 3 is 2.70 bits per heavy atom. The highest BCUT2D eigenvalue weighted by molar-refractivity contribution is 8.18. The second kappa shape index (κ2) is 8.49. The zero-order chi connectivity index (χ0) is 19.4. The Morgan fingerprint density at radius 2 is 2.00 bits per heavy atom. The van der Waals surface area contributed by atoms with E-state index in [0.29, 0.717) is 10.9 Å². The number of nitrogens with zero attached hydrogens (tertiary/aromatic N) is 1. The van der Waals surface area contributed by atoms with Gasteiger partial charge in [0.15, 0.2) is 5.09 Å². The van der Waals surface area contributed by atoms with Crippen molar-refractivity contribution < 1.29 is 23.5 Å². The largest absolute Gasteiger partial charge is 0.464 e. The van der Waals surface area contributed by atoms with Crippen molar-refractivity contribution in [2.75, 3.05) is 6.61 Å². The lowest BCUT2D eigenvalue weighted by Gasteiger charge is -2.19. The van der Waals surface area contributed by atoms with E-state index < -0.39 is 23.2 Å². The van der Waals surface area contributed by atoms with Gasteiger partial charge in [-0.25, -0.2) is 4.79 Å². The molecule has 0 N–H and O–H groups in total. The van der Waals surface area contributed by atoms with E-state index in [9.17, 15) is 14.4 Å². The topological polar surface area (TPSA) is 76.8 Å². The van der Waals surface area contributed by atoms with Crippen molar-refractivity contribution in [3.8, 4) is 0 Å². The van der Waals surface area contributed by atoms with Crippen LogP contribution in [-0.2, 0) is 14.3 Å². The highest BCUT2D eigenvalue weighted by Gasteiger charge is 2.41. The molecule has 0 saturated carbocycles. The molecule has 0 aliphatic carbocycles. The zero-order valence-corrected chi connectivity index (χ0v) is 16.3. The van der Waals surface area contributed by atoms with Gasteiger partial charge in [-0.15, -0.1) is 0 Å². The molecule has 140 valence electrons. The van der Waals surface area contributed by atoms with Crippen LogP contribution >= 0.6 is 23.5 Å². The number of hydrogen-bond donors (Lipinski definition) is 0. The first-order chi connectivity index (χ1) is 13.0. The predicted octanol–water partition coefficient (Wildman–Crippen LogP) is 4.42. The number of carbonyl (C=O) groups is 3. The fraction of sp³-hybridized carbons (Fsp3) is 0.211. The lowest BCUT2D eigenvalue weighted by atomic mass is 10.3. The first kappa shape index (κ1) is 19.3. The first-order valence-corrected chi connectivity index (χ1v) is 9.89. The highest BCUT2D eigenvalue weighted by atomic mass is 32.2. The van der Waals surface area contributed by atoms with Crippen LogP contribution in [0.3, 0.4) is 0 Å². The lowest BCUT2D eigenvalue weighted by molar-refractivity contribution is -0.150. The van der Waals surface area contributed by atoms with Gasteiger partial charge in [0.05, 0.1) is 11.5 Å². The van der Waals surface area contributed by atoms with Gasteiger partial charge in [0.1, 0.15) is 11.8 Å². The fourth-order valence-corrected chi connectivity index (χ4v) is 4.07. The third-order valence-corrected chi connectivity index (χ3v) is 5.49. The van der Waals surface area contributed by atoms with Crippen LogP contribution in [0.1, 0.15) is 19.6 Å². The van der Waals surface area contributed by atoms with Crippen molar-refractivity contribution >= 4 is 46.7 Å². The van der Waals surface area contributed by atoms with E-state index in [0.717, 1.165) is 21.6 Å². The molecule has 2 aromatic rings. The van der Waals surface area contributed by atoms with Crippen LogP contribution < -0.4 is 0 Å². The van der Waals surface area contributed by atoms with Crippen molar-refractivity contribution in [3.63, 3.8) is 0 Å². The van der Waals surface area contributed by atoms with E-state index in [1.165, 1.54) is 24.8 Å². The Morgan fingerprint density at radius 1 is 1.26 bits per heavy atom. The van der Waals surface area contributed by atoms with Crippen LogP contribution in [0.25, 0.3) is 6.08 Å². The van der Waals surface area contributed by atoms with E-state index in [1.54, 1.807) is 19.1 Å². The summed E-state index contributed by atoms with van der Waals surface area (Å²) in [6.45, 7) is 3.32. The molecular weight excluding hydrogens is 386 g/mol. The molecule has 3 rings (SSSR count). The summed E-state index contributed by atoms with van der Waals surface area (Å²) >= 11 is 2.23. The molecule has 1 atom stereocenters. The second-order valence-electron chi connectivity index (χ2n) is 5.55. The number of furan rings is 1. The van der Waals surface area contributed by atoms with Crippen LogP contribution in [0.4, 0.5) is 4.79 Å². The van der Waals surface area contributed by atoms with Crippen molar-refractivity contribution in [2.24, 2.45) is 0 Å². The number of carbonyl (C=O) groups excluding carboxylic acids is 3. The quantitative estimate of drug-likeness (QED) is 0.522. The lowest BCUT2D eigenvalue weighted by Crippen LogP contribution is -2.42. The summed E-state index contributed by atoms with van der Waals surface area (Å²) in [6.07, 6.45) is 1.51. The number of imide groups is 1. The van der Waals surface area contributed by atoms with E-state index in [1.807, 2.05) is 30.3 Å².